The Bertz CT molecular complexity index is 542. The number of thiazole rings is 1. The van der Waals surface area contributed by atoms with Crippen LogP contribution in [0, 0.1) is 6.92 Å². The molecule has 1 fully saturated rings. The number of nitrogens with zero attached hydrogens (tertiary/aromatic N) is 4. The molecule has 3 rings (SSSR count). The number of aromatic nitrogens is 3. The number of aryl methyl sites for hydroxylation is 1. The van der Waals surface area contributed by atoms with Crippen molar-refractivity contribution in [2.75, 3.05) is 18.0 Å². The van der Waals surface area contributed by atoms with Gasteiger partial charge < -0.3 is 10.2 Å². The lowest BCUT2D eigenvalue weighted by atomic mass is 10.2. The van der Waals surface area contributed by atoms with E-state index in [1.165, 1.54) is 17.7 Å². The number of anilines is 1. The van der Waals surface area contributed by atoms with E-state index in [1.54, 1.807) is 17.5 Å². The lowest BCUT2D eigenvalue weighted by Gasteiger charge is -2.25. The third-order valence-corrected chi connectivity index (χ3v) is 4.49. The molecule has 1 atom stereocenters. The van der Waals surface area contributed by atoms with Gasteiger partial charge in [-0.2, -0.15) is 5.10 Å². The molecule has 5 nitrogen and oxygen atoms in total. The highest BCUT2D eigenvalue weighted by Crippen LogP contribution is 2.22. The van der Waals surface area contributed by atoms with Crippen molar-refractivity contribution in [1.29, 1.82) is 0 Å². The molecule has 6 heteroatoms. The second-order valence-electron chi connectivity index (χ2n) is 5.05. The van der Waals surface area contributed by atoms with E-state index in [1.807, 2.05) is 25.3 Å². The molecule has 3 heterocycles. The number of hydrogen-bond acceptors (Lipinski definition) is 6. The highest BCUT2D eigenvalue weighted by molar-refractivity contribution is 7.11. The van der Waals surface area contributed by atoms with Crippen molar-refractivity contribution in [1.82, 2.24) is 20.5 Å². The van der Waals surface area contributed by atoms with Crippen LogP contribution in [0.15, 0.2) is 24.5 Å². The van der Waals surface area contributed by atoms with Crippen LogP contribution in [-0.4, -0.2) is 34.3 Å². The van der Waals surface area contributed by atoms with Gasteiger partial charge in [-0.15, -0.1) is 16.4 Å². The number of hydrogen-bond donors (Lipinski definition) is 1. The SMILES string of the molecule is Cc1ncc(CNC[C@H]2CCCN2c2cccnn2)s1. The van der Waals surface area contributed by atoms with Gasteiger partial charge in [-0.05, 0) is 31.9 Å². The molecule has 1 aliphatic heterocycles. The summed E-state index contributed by atoms with van der Waals surface area (Å²) < 4.78 is 0. The molecule has 1 saturated heterocycles. The molecule has 1 N–H and O–H groups in total. The van der Waals surface area contributed by atoms with Crippen molar-refractivity contribution >= 4 is 17.2 Å². The molecule has 0 bridgehead atoms. The minimum atomic E-state index is 0.515. The lowest BCUT2D eigenvalue weighted by Crippen LogP contribution is -2.38. The maximum atomic E-state index is 4.28. The summed E-state index contributed by atoms with van der Waals surface area (Å²) in [6, 6.07) is 4.50. The molecule has 0 saturated carbocycles. The quantitative estimate of drug-likeness (QED) is 0.912. The average Bonchev–Trinajstić information content (AvgIpc) is 3.09. The molecule has 0 aromatic carbocycles. The third-order valence-electron chi connectivity index (χ3n) is 3.58. The van der Waals surface area contributed by atoms with Gasteiger partial charge in [-0.1, -0.05) is 0 Å². The van der Waals surface area contributed by atoms with E-state index in [-0.39, 0.29) is 0 Å². The second kappa shape index (κ2) is 6.28. The lowest BCUT2D eigenvalue weighted by molar-refractivity contribution is 0.572. The summed E-state index contributed by atoms with van der Waals surface area (Å²) in [5, 5.41) is 12.9. The average molecular weight is 289 g/mol. The highest BCUT2D eigenvalue weighted by Gasteiger charge is 2.25. The predicted octanol–water partition coefficient (Wildman–Crippen LogP) is 2.00. The van der Waals surface area contributed by atoms with Crippen LogP contribution in [0.3, 0.4) is 0 Å². The summed E-state index contributed by atoms with van der Waals surface area (Å²) in [6.07, 6.45) is 6.12. The van der Waals surface area contributed by atoms with E-state index in [2.05, 4.69) is 25.4 Å². The van der Waals surface area contributed by atoms with Crippen molar-refractivity contribution in [2.24, 2.45) is 0 Å². The maximum absolute atomic E-state index is 4.28. The summed E-state index contributed by atoms with van der Waals surface area (Å²) in [6.45, 7) is 5.00. The van der Waals surface area contributed by atoms with E-state index in [0.29, 0.717) is 6.04 Å². The minimum Gasteiger partial charge on any atom is -0.351 e. The Morgan fingerprint density at radius 2 is 2.45 bits per heavy atom. The Hall–Kier alpha value is -1.53. The van der Waals surface area contributed by atoms with E-state index in [4.69, 9.17) is 0 Å². The Labute approximate surface area is 123 Å². The van der Waals surface area contributed by atoms with Crippen LogP contribution in [0.5, 0.6) is 0 Å². The van der Waals surface area contributed by atoms with Crippen LogP contribution in [-0.2, 0) is 6.54 Å². The van der Waals surface area contributed by atoms with Gasteiger partial charge in [0.15, 0.2) is 5.82 Å². The first-order valence-corrected chi connectivity index (χ1v) is 7.81. The third kappa shape index (κ3) is 3.13. The van der Waals surface area contributed by atoms with Crippen molar-refractivity contribution < 1.29 is 0 Å². The van der Waals surface area contributed by atoms with Crippen molar-refractivity contribution in [3.8, 4) is 0 Å². The molecule has 0 amide bonds. The van der Waals surface area contributed by atoms with Crippen LogP contribution >= 0.6 is 11.3 Å². The van der Waals surface area contributed by atoms with E-state index >= 15 is 0 Å². The highest BCUT2D eigenvalue weighted by atomic mass is 32.1. The molecular weight excluding hydrogens is 270 g/mol. The summed E-state index contributed by atoms with van der Waals surface area (Å²) in [7, 11) is 0. The molecule has 2 aromatic rings. The zero-order valence-electron chi connectivity index (χ0n) is 11.6. The Balaban J connectivity index is 1.54. The van der Waals surface area contributed by atoms with Crippen LogP contribution < -0.4 is 10.2 Å². The smallest absolute Gasteiger partial charge is 0.151 e. The molecule has 0 aliphatic carbocycles. The van der Waals surface area contributed by atoms with Gasteiger partial charge in [0.25, 0.3) is 0 Å². The first-order valence-electron chi connectivity index (χ1n) is 6.99. The van der Waals surface area contributed by atoms with E-state index in [9.17, 15) is 0 Å². The summed E-state index contributed by atoms with van der Waals surface area (Å²) in [5.74, 6) is 0.991. The topological polar surface area (TPSA) is 53.9 Å². The summed E-state index contributed by atoms with van der Waals surface area (Å²) >= 11 is 1.76. The Kier molecular flexibility index (Phi) is 4.22. The molecular formula is C14H19N5S. The monoisotopic (exact) mass is 289 g/mol. The first-order chi connectivity index (χ1) is 9.83. The summed E-state index contributed by atoms with van der Waals surface area (Å²) in [5.41, 5.74) is 0. The van der Waals surface area contributed by atoms with Gasteiger partial charge in [0.2, 0.25) is 0 Å². The fourth-order valence-electron chi connectivity index (χ4n) is 2.65. The molecule has 2 aromatic heterocycles. The Morgan fingerprint density at radius 3 is 3.20 bits per heavy atom. The Morgan fingerprint density at radius 1 is 1.50 bits per heavy atom. The standard InChI is InChI=1S/C14H19N5S/c1-11-16-10-13(20-11)9-15-8-12-4-3-7-19(12)14-5-2-6-17-18-14/h2,5-6,10,12,15H,3-4,7-9H2,1H3/t12-/m1/s1. The summed E-state index contributed by atoms with van der Waals surface area (Å²) in [4.78, 5) is 7.94. The van der Waals surface area contributed by atoms with Crippen molar-refractivity contribution in [3.05, 3.63) is 34.4 Å². The molecule has 20 heavy (non-hydrogen) atoms. The second-order valence-corrected chi connectivity index (χ2v) is 6.37. The molecule has 0 unspecified atom stereocenters. The first kappa shape index (κ1) is 13.5. The largest absolute Gasteiger partial charge is 0.351 e. The van der Waals surface area contributed by atoms with Gasteiger partial charge in [0.05, 0.1) is 5.01 Å². The number of nitrogens with one attached hydrogen (secondary N) is 1. The van der Waals surface area contributed by atoms with Crippen LogP contribution in [0.2, 0.25) is 0 Å². The van der Waals surface area contributed by atoms with E-state index in [0.717, 1.165) is 30.5 Å². The fourth-order valence-corrected chi connectivity index (χ4v) is 3.41. The molecule has 106 valence electrons. The molecule has 0 radical (unpaired) electrons. The van der Waals surface area contributed by atoms with Crippen molar-refractivity contribution in [2.45, 2.75) is 32.4 Å². The zero-order valence-corrected chi connectivity index (χ0v) is 12.4. The minimum absolute atomic E-state index is 0.515. The van der Waals surface area contributed by atoms with Gasteiger partial charge in [-0.25, -0.2) is 4.98 Å². The van der Waals surface area contributed by atoms with Gasteiger partial charge >= 0.3 is 0 Å². The zero-order chi connectivity index (χ0) is 13.8. The van der Waals surface area contributed by atoms with Gasteiger partial charge in [0, 0.05) is 42.9 Å². The van der Waals surface area contributed by atoms with Crippen LogP contribution in [0.4, 0.5) is 5.82 Å². The van der Waals surface area contributed by atoms with Crippen LogP contribution in [0.1, 0.15) is 22.7 Å². The van der Waals surface area contributed by atoms with Crippen LogP contribution in [0.25, 0.3) is 0 Å². The molecule has 0 spiro atoms. The predicted molar refractivity (Wildman–Crippen MR) is 81.0 cm³/mol. The molecule has 1 aliphatic rings. The maximum Gasteiger partial charge on any atom is 0.151 e. The van der Waals surface area contributed by atoms with Gasteiger partial charge in [-0.3, -0.25) is 0 Å². The normalized spacial score (nSPS) is 18.6. The van der Waals surface area contributed by atoms with E-state index < -0.39 is 0 Å². The van der Waals surface area contributed by atoms with Gasteiger partial charge in [0.1, 0.15) is 0 Å². The van der Waals surface area contributed by atoms with Crippen molar-refractivity contribution in [3.63, 3.8) is 0 Å². The number of rotatable bonds is 5. The fraction of sp³-hybridized carbons (Fsp3) is 0.500.